The summed E-state index contributed by atoms with van der Waals surface area (Å²) in [5.74, 6) is 1.28. The topological polar surface area (TPSA) is 86.9 Å². The Morgan fingerprint density at radius 3 is 2.65 bits per heavy atom. The molecule has 1 amide bonds. The van der Waals surface area contributed by atoms with E-state index in [1.807, 2.05) is 48.5 Å². The van der Waals surface area contributed by atoms with Gasteiger partial charge in [-0.1, -0.05) is 25.5 Å². The fourth-order valence-electron chi connectivity index (χ4n) is 3.54. The van der Waals surface area contributed by atoms with Crippen LogP contribution >= 0.6 is 0 Å². The zero-order chi connectivity index (χ0) is 23.9. The van der Waals surface area contributed by atoms with Gasteiger partial charge in [0, 0.05) is 24.5 Å². The molecule has 0 fully saturated rings. The Bertz CT molecular complexity index is 1320. The highest BCUT2D eigenvalue weighted by atomic mass is 16.5. The molecule has 8 heteroatoms. The lowest BCUT2D eigenvalue weighted by Gasteiger charge is -2.08. The largest absolute Gasteiger partial charge is 0.497 e. The van der Waals surface area contributed by atoms with Gasteiger partial charge in [-0.2, -0.15) is 5.10 Å². The monoisotopic (exact) mass is 460 g/mol. The first kappa shape index (κ1) is 23.1. The molecule has 0 unspecified atom stereocenters. The second-order valence-corrected chi connectivity index (χ2v) is 7.95. The SMILES string of the molecule is CCCCOc1ccc(-c2cc3c(=O)n(CC(=O)NCc4cccc(OC)c4)ccn3n2)cc1. The van der Waals surface area contributed by atoms with E-state index in [1.165, 1.54) is 9.08 Å². The molecule has 2 aromatic heterocycles. The Labute approximate surface area is 197 Å². The summed E-state index contributed by atoms with van der Waals surface area (Å²) in [6.07, 6.45) is 5.35. The Morgan fingerprint density at radius 2 is 1.88 bits per heavy atom. The minimum Gasteiger partial charge on any atom is -0.497 e. The van der Waals surface area contributed by atoms with Crippen LogP contribution in [-0.4, -0.2) is 33.8 Å². The van der Waals surface area contributed by atoms with Gasteiger partial charge >= 0.3 is 0 Å². The highest BCUT2D eigenvalue weighted by Crippen LogP contribution is 2.22. The second-order valence-electron chi connectivity index (χ2n) is 7.95. The van der Waals surface area contributed by atoms with E-state index < -0.39 is 0 Å². The number of unbranched alkanes of at least 4 members (excludes halogenated alkanes) is 1. The van der Waals surface area contributed by atoms with Crippen molar-refractivity contribution in [2.24, 2.45) is 0 Å². The van der Waals surface area contributed by atoms with Crippen molar-refractivity contribution >= 4 is 11.4 Å². The molecule has 0 radical (unpaired) electrons. The maximum absolute atomic E-state index is 13.0. The number of methoxy groups -OCH3 is 1. The van der Waals surface area contributed by atoms with Crippen LogP contribution in [0, 0.1) is 0 Å². The van der Waals surface area contributed by atoms with Crippen LogP contribution in [0.5, 0.6) is 11.5 Å². The second kappa shape index (κ2) is 10.7. The molecule has 0 saturated heterocycles. The number of fused-ring (bicyclic) bond motifs is 1. The number of rotatable bonds is 10. The van der Waals surface area contributed by atoms with Crippen molar-refractivity contribution in [1.82, 2.24) is 19.5 Å². The van der Waals surface area contributed by atoms with Crippen molar-refractivity contribution in [2.75, 3.05) is 13.7 Å². The first-order valence-electron chi connectivity index (χ1n) is 11.3. The number of benzene rings is 2. The summed E-state index contributed by atoms with van der Waals surface area (Å²) in [5.41, 5.74) is 2.60. The molecular weight excluding hydrogens is 432 g/mol. The number of hydrogen-bond donors (Lipinski definition) is 1. The van der Waals surface area contributed by atoms with Crippen molar-refractivity contribution < 1.29 is 14.3 Å². The molecule has 0 spiro atoms. The van der Waals surface area contributed by atoms with E-state index in [-0.39, 0.29) is 18.0 Å². The van der Waals surface area contributed by atoms with Crippen molar-refractivity contribution in [3.63, 3.8) is 0 Å². The maximum Gasteiger partial charge on any atom is 0.277 e. The molecule has 0 bridgehead atoms. The lowest BCUT2D eigenvalue weighted by Crippen LogP contribution is -2.32. The minimum absolute atomic E-state index is 0.0798. The van der Waals surface area contributed by atoms with E-state index in [9.17, 15) is 9.59 Å². The van der Waals surface area contributed by atoms with E-state index in [1.54, 1.807) is 25.6 Å². The molecule has 0 saturated carbocycles. The van der Waals surface area contributed by atoms with Crippen LogP contribution in [0.15, 0.2) is 71.8 Å². The highest BCUT2D eigenvalue weighted by molar-refractivity contribution is 5.76. The van der Waals surface area contributed by atoms with E-state index in [4.69, 9.17) is 9.47 Å². The third-order valence-electron chi connectivity index (χ3n) is 5.46. The summed E-state index contributed by atoms with van der Waals surface area (Å²) in [4.78, 5) is 25.4. The third-order valence-corrected chi connectivity index (χ3v) is 5.46. The molecule has 176 valence electrons. The Balaban J connectivity index is 1.44. The van der Waals surface area contributed by atoms with Gasteiger partial charge < -0.3 is 19.4 Å². The predicted molar refractivity (Wildman–Crippen MR) is 130 cm³/mol. The van der Waals surface area contributed by atoms with Gasteiger partial charge in [0.15, 0.2) is 0 Å². The summed E-state index contributed by atoms with van der Waals surface area (Å²) in [6.45, 7) is 3.08. The standard InChI is InChI=1S/C26H28N4O4/c1-3-4-14-34-21-10-8-20(9-11-21)23-16-24-26(32)29(12-13-30(24)28-23)18-25(31)27-17-19-6-5-7-22(15-19)33-2/h5-13,15-16H,3-4,14,17-18H2,1-2H3,(H,27,31). The molecule has 8 nitrogen and oxygen atoms in total. The molecule has 0 aliphatic carbocycles. The fraction of sp³-hybridized carbons (Fsp3) is 0.269. The molecule has 4 rings (SSSR count). The van der Waals surface area contributed by atoms with Gasteiger partial charge in [0.1, 0.15) is 23.6 Å². The molecule has 2 heterocycles. The van der Waals surface area contributed by atoms with Crippen LogP contribution in [0.1, 0.15) is 25.3 Å². The molecule has 0 aliphatic rings. The number of carbonyl (C=O) groups excluding carboxylic acids is 1. The Kier molecular flexibility index (Phi) is 7.27. The first-order valence-corrected chi connectivity index (χ1v) is 11.3. The molecule has 34 heavy (non-hydrogen) atoms. The number of hydrogen-bond acceptors (Lipinski definition) is 5. The number of amides is 1. The van der Waals surface area contributed by atoms with Crippen molar-refractivity contribution in [1.29, 1.82) is 0 Å². The zero-order valence-electron chi connectivity index (χ0n) is 19.4. The van der Waals surface area contributed by atoms with Gasteiger partial charge in [-0.3, -0.25) is 9.59 Å². The van der Waals surface area contributed by atoms with E-state index in [0.717, 1.165) is 35.5 Å². The number of nitrogens with one attached hydrogen (secondary N) is 1. The highest BCUT2D eigenvalue weighted by Gasteiger charge is 2.12. The van der Waals surface area contributed by atoms with Crippen molar-refractivity contribution in [2.45, 2.75) is 32.9 Å². The number of ether oxygens (including phenoxy) is 2. The van der Waals surface area contributed by atoms with Crippen LogP contribution in [0.4, 0.5) is 0 Å². The number of aromatic nitrogens is 3. The summed E-state index contributed by atoms with van der Waals surface area (Å²) in [7, 11) is 1.60. The average molecular weight is 461 g/mol. The summed E-state index contributed by atoms with van der Waals surface area (Å²) in [5, 5.41) is 7.35. The lowest BCUT2D eigenvalue weighted by molar-refractivity contribution is -0.121. The molecular formula is C26H28N4O4. The van der Waals surface area contributed by atoms with Gasteiger partial charge in [-0.15, -0.1) is 0 Å². The zero-order valence-corrected chi connectivity index (χ0v) is 19.4. The maximum atomic E-state index is 13.0. The van der Waals surface area contributed by atoms with Crippen molar-refractivity contribution in [3.8, 4) is 22.8 Å². The predicted octanol–water partition coefficient (Wildman–Crippen LogP) is 3.67. The van der Waals surface area contributed by atoms with E-state index in [0.29, 0.717) is 24.4 Å². The summed E-state index contributed by atoms with van der Waals surface area (Å²) >= 11 is 0. The van der Waals surface area contributed by atoms with Crippen LogP contribution in [0.2, 0.25) is 0 Å². The fourth-order valence-corrected chi connectivity index (χ4v) is 3.54. The Hall–Kier alpha value is -4.07. The minimum atomic E-state index is -0.280. The van der Waals surface area contributed by atoms with Gasteiger partial charge in [0.25, 0.3) is 5.56 Å². The molecule has 4 aromatic rings. The number of carbonyl (C=O) groups is 1. The van der Waals surface area contributed by atoms with Gasteiger partial charge in [-0.05, 0) is 54.4 Å². The van der Waals surface area contributed by atoms with Gasteiger partial charge in [-0.25, -0.2) is 4.52 Å². The molecule has 0 aliphatic heterocycles. The number of nitrogens with zero attached hydrogens (tertiary/aromatic N) is 3. The molecule has 1 N–H and O–H groups in total. The van der Waals surface area contributed by atoms with Gasteiger partial charge in [0.05, 0.1) is 19.4 Å². The van der Waals surface area contributed by atoms with Crippen LogP contribution in [0.3, 0.4) is 0 Å². The lowest BCUT2D eigenvalue weighted by atomic mass is 10.1. The van der Waals surface area contributed by atoms with Crippen LogP contribution in [0.25, 0.3) is 16.8 Å². The van der Waals surface area contributed by atoms with E-state index >= 15 is 0 Å². The average Bonchev–Trinajstić information content (AvgIpc) is 3.30. The Morgan fingerprint density at radius 1 is 1.06 bits per heavy atom. The van der Waals surface area contributed by atoms with Gasteiger partial charge in [0.2, 0.25) is 5.91 Å². The quantitative estimate of drug-likeness (QED) is 0.365. The molecule has 0 atom stereocenters. The van der Waals surface area contributed by atoms with Crippen molar-refractivity contribution in [3.05, 3.63) is 82.9 Å². The third kappa shape index (κ3) is 5.46. The van der Waals surface area contributed by atoms with Crippen LogP contribution < -0.4 is 20.3 Å². The smallest absolute Gasteiger partial charge is 0.277 e. The molecule has 2 aromatic carbocycles. The first-order chi connectivity index (χ1) is 16.6. The van der Waals surface area contributed by atoms with Crippen LogP contribution in [-0.2, 0) is 17.9 Å². The normalized spacial score (nSPS) is 10.9. The summed E-state index contributed by atoms with van der Waals surface area (Å²) in [6, 6.07) is 16.9. The summed E-state index contributed by atoms with van der Waals surface area (Å²) < 4.78 is 13.8. The van der Waals surface area contributed by atoms with E-state index in [2.05, 4.69) is 17.3 Å².